The topological polar surface area (TPSA) is 41.1 Å². The first-order valence-electron chi connectivity index (χ1n) is 8.04. The van der Waals surface area contributed by atoms with E-state index in [-0.39, 0.29) is 0 Å². The van der Waals surface area contributed by atoms with E-state index in [1.807, 2.05) is 18.2 Å². The molecule has 0 saturated heterocycles. The standard InChI is InChI=1S/C19H16Cl2N4/c1-12-10-13-4-2-3-5-17(13)25(12)19-22-9-8-18(24-19)23-14-6-7-15(20)16(21)11-14/h2-9,11-12H,10H2,1H3,(H,22,23,24). The van der Waals surface area contributed by atoms with Gasteiger partial charge in [-0.05, 0) is 49.2 Å². The largest absolute Gasteiger partial charge is 0.340 e. The molecule has 6 heteroatoms. The zero-order chi connectivity index (χ0) is 17.4. The molecule has 126 valence electrons. The van der Waals surface area contributed by atoms with Crippen molar-refractivity contribution in [3.8, 4) is 0 Å². The SMILES string of the molecule is CC1Cc2ccccc2N1c1nccc(Nc2ccc(Cl)c(Cl)c2)n1. The van der Waals surface area contributed by atoms with Gasteiger partial charge in [-0.15, -0.1) is 0 Å². The molecular weight excluding hydrogens is 355 g/mol. The maximum Gasteiger partial charge on any atom is 0.232 e. The van der Waals surface area contributed by atoms with E-state index in [1.54, 1.807) is 18.3 Å². The van der Waals surface area contributed by atoms with Crippen molar-refractivity contribution in [2.45, 2.75) is 19.4 Å². The fourth-order valence-corrected chi connectivity index (χ4v) is 3.42. The van der Waals surface area contributed by atoms with Crippen LogP contribution in [0.1, 0.15) is 12.5 Å². The summed E-state index contributed by atoms with van der Waals surface area (Å²) in [6, 6.07) is 15.9. The van der Waals surface area contributed by atoms with Crippen LogP contribution in [0.3, 0.4) is 0 Å². The van der Waals surface area contributed by atoms with E-state index < -0.39 is 0 Å². The number of aromatic nitrogens is 2. The average molecular weight is 371 g/mol. The number of hydrogen-bond donors (Lipinski definition) is 1. The lowest BCUT2D eigenvalue weighted by molar-refractivity contribution is 0.740. The lowest BCUT2D eigenvalue weighted by atomic mass is 10.1. The summed E-state index contributed by atoms with van der Waals surface area (Å²) in [7, 11) is 0. The van der Waals surface area contributed by atoms with Crippen molar-refractivity contribution in [2.75, 3.05) is 10.2 Å². The number of para-hydroxylation sites is 1. The second kappa shape index (κ2) is 6.54. The van der Waals surface area contributed by atoms with Crippen LogP contribution < -0.4 is 10.2 Å². The molecule has 0 amide bonds. The Morgan fingerprint density at radius 3 is 2.76 bits per heavy atom. The van der Waals surface area contributed by atoms with Crippen LogP contribution in [0, 0.1) is 0 Å². The van der Waals surface area contributed by atoms with Crippen LogP contribution >= 0.6 is 23.2 Å². The molecule has 1 unspecified atom stereocenters. The highest BCUT2D eigenvalue weighted by Crippen LogP contribution is 2.36. The smallest absolute Gasteiger partial charge is 0.232 e. The van der Waals surface area contributed by atoms with Crippen molar-refractivity contribution in [1.29, 1.82) is 0 Å². The third kappa shape index (κ3) is 3.15. The Hall–Kier alpha value is -2.30. The van der Waals surface area contributed by atoms with Gasteiger partial charge in [-0.2, -0.15) is 4.98 Å². The predicted molar refractivity (Wildman–Crippen MR) is 104 cm³/mol. The first-order valence-corrected chi connectivity index (χ1v) is 8.79. The Kier molecular flexibility index (Phi) is 4.24. The number of rotatable bonds is 3. The summed E-state index contributed by atoms with van der Waals surface area (Å²) in [6.07, 6.45) is 2.75. The Balaban J connectivity index is 1.65. The number of anilines is 4. The van der Waals surface area contributed by atoms with Crippen molar-refractivity contribution < 1.29 is 0 Å². The number of nitrogens with zero attached hydrogens (tertiary/aromatic N) is 3. The molecule has 0 bridgehead atoms. The third-order valence-corrected chi connectivity index (χ3v) is 5.00. The molecule has 2 aromatic carbocycles. The Morgan fingerprint density at radius 2 is 1.92 bits per heavy atom. The predicted octanol–water partition coefficient (Wildman–Crippen LogP) is 5.61. The molecule has 1 aliphatic heterocycles. The number of benzene rings is 2. The second-order valence-electron chi connectivity index (χ2n) is 6.05. The molecule has 1 aliphatic rings. The van der Waals surface area contributed by atoms with E-state index >= 15 is 0 Å². The van der Waals surface area contributed by atoms with Gasteiger partial charge >= 0.3 is 0 Å². The maximum atomic E-state index is 6.08. The monoisotopic (exact) mass is 370 g/mol. The highest BCUT2D eigenvalue weighted by molar-refractivity contribution is 6.42. The molecule has 1 N–H and O–H groups in total. The third-order valence-electron chi connectivity index (χ3n) is 4.26. The number of hydrogen-bond acceptors (Lipinski definition) is 4. The lowest BCUT2D eigenvalue weighted by Gasteiger charge is -2.23. The summed E-state index contributed by atoms with van der Waals surface area (Å²) in [4.78, 5) is 11.3. The van der Waals surface area contributed by atoms with Crippen LogP contribution in [0.2, 0.25) is 10.0 Å². The van der Waals surface area contributed by atoms with Gasteiger partial charge in [0.2, 0.25) is 5.95 Å². The molecule has 3 aromatic rings. The molecular formula is C19H16Cl2N4. The summed E-state index contributed by atoms with van der Waals surface area (Å²) in [5.41, 5.74) is 3.32. The van der Waals surface area contributed by atoms with Gasteiger partial charge < -0.3 is 10.2 Å². The number of nitrogens with one attached hydrogen (secondary N) is 1. The van der Waals surface area contributed by atoms with Crippen LogP contribution in [0.5, 0.6) is 0 Å². The normalized spacial score (nSPS) is 16.0. The fraction of sp³-hybridized carbons (Fsp3) is 0.158. The van der Waals surface area contributed by atoms with Crippen LogP contribution in [0.25, 0.3) is 0 Å². The second-order valence-corrected chi connectivity index (χ2v) is 6.86. The molecule has 4 nitrogen and oxygen atoms in total. The van der Waals surface area contributed by atoms with Gasteiger partial charge in [0.05, 0.1) is 10.0 Å². The molecule has 2 heterocycles. The average Bonchev–Trinajstić information content (AvgIpc) is 2.94. The van der Waals surface area contributed by atoms with E-state index in [9.17, 15) is 0 Å². The van der Waals surface area contributed by atoms with Crippen molar-refractivity contribution in [3.63, 3.8) is 0 Å². The Bertz CT molecular complexity index is 929. The highest BCUT2D eigenvalue weighted by atomic mass is 35.5. The van der Waals surface area contributed by atoms with E-state index in [4.69, 9.17) is 23.2 Å². The van der Waals surface area contributed by atoms with Crippen LogP contribution in [0.15, 0.2) is 54.7 Å². The summed E-state index contributed by atoms with van der Waals surface area (Å²) < 4.78 is 0. The van der Waals surface area contributed by atoms with Crippen molar-refractivity contribution in [3.05, 3.63) is 70.3 Å². The number of fused-ring (bicyclic) bond motifs is 1. The minimum atomic E-state index is 0.317. The van der Waals surface area contributed by atoms with Gasteiger partial charge in [0.25, 0.3) is 0 Å². The quantitative estimate of drug-likeness (QED) is 0.650. The maximum absolute atomic E-state index is 6.08. The summed E-state index contributed by atoms with van der Waals surface area (Å²) in [5, 5.41) is 4.28. The molecule has 25 heavy (non-hydrogen) atoms. The molecule has 0 radical (unpaired) electrons. The van der Waals surface area contributed by atoms with Crippen LogP contribution in [0.4, 0.5) is 23.1 Å². The van der Waals surface area contributed by atoms with Gasteiger partial charge in [0, 0.05) is 23.6 Å². The summed E-state index contributed by atoms with van der Waals surface area (Å²) in [5.74, 6) is 1.39. The molecule has 0 spiro atoms. The molecule has 0 aliphatic carbocycles. The molecule has 4 rings (SSSR count). The first kappa shape index (κ1) is 16.2. The minimum Gasteiger partial charge on any atom is -0.340 e. The highest BCUT2D eigenvalue weighted by Gasteiger charge is 2.28. The summed E-state index contributed by atoms with van der Waals surface area (Å²) >= 11 is 12.0. The van der Waals surface area contributed by atoms with Gasteiger partial charge in [-0.1, -0.05) is 41.4 Å². The van der Waals surface area contributed by atoms with Gasteiger partial charge in [0.15, 0.2) is 0 Å². The van der Waals surface area contributed by atoms with E-state index in [0.717, 1.165) is 12.1 Å². The van der Waals surface area contributed by atoms with Gasteiger partial charge in [0.1, 0.15) is 5.82 Å². The zero-order valence-corrected chi connectivity index (χ0v) is 15.1. The van der Waals surface area contributed by atoms with Crippen LogP contribution in [-0.4, -0.2) is 16.0 Å². The molecule has 0 fully saturated rings. The fourth-order valence-electron chi connectivity index (χ4n) is 3.13. The molecule has 1 aromatic heterocycles. The van der Waals surface area contributed by atoms with E-state index in [0.29, 0.717) is 27.9 Å². The zero-order valence-electron chi connectivity index (χ0n) is 13.6. The van der Waals surface area contributed by atoms with E-state index in [1.165, 1.54) is 11.3 Å². The minimum absolute atomic E-state index is 0.317. The summed E-state index contributed by atoms with van der Waals surface area (Å²) in [6.45, 7) is 2.18. The van der Waals surface area contributed by atoms with Crippen molar-refractivity contribution >= 4 is 46.3 Å². The van der Waals surface area contributed by atoms with Crippen LogP contribution in [-0.2, 0) is 6.42 Å². The Labute approximate surface area is 156 Å². The van der Waals surface area contributed by atoms with Crippen molar-refractivity contribution in [1.82, 2.24) is 9.97 Å². The first-order chi connectivity index (χ1) is 12.1. The van der Waals surface area contributed by atoms with Gasteiger partial charge in [-0.3, -0.25) is 0 Å². The Morgan fingerprint density at radius 1 is 1.08 bits per heavy atom. The van der Waals surface area contributed by atoms with Crippen molar-refractivity contribution in [2.24, 2.45) is 0 Å². The lowest BCUT2D eigenvalue weighted by Crippen LogP contribution is -2.25. The van der Waals surface area contributed by atoms with E-state index in [2.05, 4.69) is 45.3 Å². The number of halogens is 2. The molecule has 1 atom stereocenters. The van der Waals surface area contributed by atoms with Gasteiger partial charge in [-0.25, -0.2) is 4.98 Å². The molecule has 0 saturated carbocycles.